The maximum absolute atomic E-state index is 13.3. The quantitative estimate of drug-likeness (QED) is 0.643. The summed E-state index contributed by atoms with van der Waals surface area (Å²) >= 11 is 0. The lowest BCUT2D eigenvalue weighted by Gasteiger charge is -2.33. The Morgan fingerprint density at radius 3 is 2.61 bits per heavy atom. The van der Waals surface area contributed by atoms with Gasteiger partial charge in [-0.15, -0.1) is 0 Å². The van der Waals surface area contributed by atoms with E-state index >= 15 is 0 Å². The van der Waals surface area contributed by atoms with Gasteiger partial charge in [0.2, 0.25) is 11.8 Å². The molecule has 33 heavy (non-hydrogen) atoms. The highest BCUT2D eigenvalue weighted by molar-refractivity contribution is 6.01. The summed E-state index contributed by atoms with van der Waals surface area (Å²) in [5.41, 5.74) is 3.17. The number of rotatable bonds is 5. The third kappa shape index (κ3) is 3.92. The Kier molecular flexibility index (Phi) is 5.70. The smallest absolute Gasteiger partial charge is 0.228 e. The molecule has 0 bridgehead atoms. The molecular weight excluding hydrogens is 418 g/mol. The van der Waals surface area contributed by atoms with Gasteiger partial charge in [-0.05, 0) is 42.5 Å². The molecule has 0 radical (unpaired) electrons. The Bertz CT molecular complexity index is 1180. The molecule has 2 saturated heterocycles. The third-order valence-corrected chi connectivity index (χ3v) is 7.02. The SMILES string of the molecule is COc1ccc(N2CC(C(=O)N3CCC(c4c[nH]c5ccccc45)CC3)CC2=O)c(OC)c1. The summed E-state index contributed by atoms with van der Waals surface area (Å²) in [6.45, 7) is 1.82. The first-order valence-corrected chi connectivity index (χ1v) is 11.5. The van der Waals surface area contributed by atoms with Crippen LogP contribution in [0.1, 0.15) is 30.7 Å². The molecule has 5 rings (SSSR count). The minimum Gasteiger partial charge on any atom is -0.497 e. The molecule has 2 aliphatic heterocycles. The number of anilines is 1. The molecule has 1 N–H and O–H groups in total. The highest BCUT2D eigenvalue weighted by Gasteiger charge is 2.39. The Morgan fingerprint density at radius 2 is 1.85 bits per heavy atom. The Morgan fingerprint density at radius 1 is 1.06 bits per heavy atom. The molecule has 3 aromatic rings. The van der Waals surface area contributed by atoms with Crippen molar-refractivity contribution in [2.45, 2.75) is 25.2 Å². The predicted octanol–water partition coefficient (Wildman–Crippen LogP) is 3.94. The van der Waals surface area contributed by atoms with E-state index in [1.54, 1.807) is 31.3 Å². The van der Waals surface area contributed by atoms with E-state index in [1.165, 1.54) is 10.9 Å². The molecule has 172 valence electrons. The summed E-state index contributed by atoms with van der Waals surface area (Å²) in [6, 6.07) is 13.7. The minimum atomic E-state index is -0.325. The van der Waals surface area contributed by atoms with Gasteiger partial charge >= 0.3 is 0 Å². The molecule has 7 nitrogen and oxygen atoms in total. The molecule has 3 heterocycles. The molecule has 0 aliphatic carbocycles. The molecule has 2 aliphatic rings. The maximum atomic E-state index is 13.3. The van der Waals surface area contributed by atoms with Gasteiger partial charge in [-0.1, -0.05) is 18.2 Å². The summed E-state index contributed by atoms with van der Waals surface area (Å²) < 4.78 is 10.7. The third-order valence-electron chi connectivity index (χ3n) is 7.02. The summed E-state index contributed by atoms with van der Waals surface area (Å²) in [6.07, 6.45) is 4.22. The van der Waals surface area contributed by atoms with Crippen molar-refractivity contribution >= 4 is 28.4 Å². The van der Waals surface area contributed by atoms with E-state index in [9.17, 15) is 9.59 Å². The van der Waals surface area contributed by atoms with Crippen molar-refractivity contribution in [2.75, 3.05) is 38.8 Å². The van der Waals surface area contributed by atoms with Crippen molar-refractivity contribution in [1.29, 1.82) is 0 Å². The average molecular weight is 448 g/mol. The van der Waals surface area contributed by atoms with Crippen LogP contribution in [0.3, 0.4) is 0 Å². The van der Waals surface area contributed by atoms with Crippen LogP contribution in [0, 0.1) is 5.92 Å². The van der Waals surface area contributed by atoms with Crippen LogP contribution in [-0.2, 0) is 9.59 Å². The van der Waals surface area contributed by atoms with Gasteiger partial charge < -0.3 is 24.3 Å². The zero-order chi connectivity index (χ0) is 22.9. The number of para-hydroxylation sites is 1. The van der Waals surface area contributed by atoms with Crippen molar-refractivity contribution in [1.82, 2.24) is 9.88 Å². The zero-order valence-corrected chi connectivity index (χ0v) is 19.0. The molecule has 0 saturated carbocycles. The van der Waals surface area contributed by atoms with E-state index < -0.39 is 0 Å². The number of nitrogens with zero attached hydrogens (tertiary/aromatic N) is 2. The number of piperidine rings is 1. The van der Waals surface area contributed by atoms with E-state index in [-0.39, 0.29) is 24.2 Å². The first kappa shape index (κ1) is 21.4. The fourth-order valence-electron chi connectivity index (χ4n) is 5.21. The fourth-order valence-corrected chi connectivity index (χ4v) is 5.21. The van der Waals surface area contributed by atoms with Crippen LogP contribution in [0.5, 0.6) is 11.5 Å². The van der Waals surface area contributed by atoms with Crippen LogP contribution in [0.4, 0.5) is 5.69 Å². The second-order valence-electron chi connectivity index (χ2n) is 8.83. The summed E-state index contributed by atoms with van der Waals surface area (Å²) in [4.78, 5) is 33.0. The van der Waals surface area contributed by atoms with Gasteiger partial charge in [0.25, 0.3) is 0 Å². The van der Waals surface area contributed by atoms with Crippen LogP contribution in [0.15, 0.2) is 48.7 Å². The van der Waals surface area contributed by atoms with Gasteiger partial charge in [-0.25, -0.2) is 0 Å². The van der Waals surface area contributed by atoms with Gasteiger partial charge in [-0.2, -0.15) is 0 Å². The summed E-state index contributed by atoms with van der Waals surface area (Å²) in [7, 11) is 3.16. The number of hydrogen-bond donors (Lipinski definition) is 1. The lowest BCUT2D eigenvalue weighted by molar-refractivity contribution is -0.136. The largest absolute Gasteiger partial charge is 0.497 e. The highest BCUT2D eigenvalue weighted by atomic mass is 16.5. The maximum Gasteiger partial charge on any atom is 0.228 e. The van der Waals surface area contributed by atoms with Gasteiger partial charge in [0.15, 0.2) is 0 Å². The van der Waals surface area contributed by atoms with Crippen molar-refractivity contribution in [3.63, 3.8) is 0 Å². The van der Waals surface area contributed by atoms with Crippen LogP contribution >= 0.6 is 0 Å². The number of fused-ring (bicyclic) bond motifs is 1. The van der Waals surface area contributed by atoms with Crippen molar-refractivity contribution in [2.24, 2.45) is 5.92 Å². The van der Waals surface area contributed by atoms with E-state index in [0.717, 1.165) is 31.4 Å². The monoisotopic (exact) mass is 447 g/mol. The van der Waals surface area contributed by atoms with E-state index in [4.69, 9.17) is 9.47 Å². The number of H-pyrrole nitrogens is 1. The Balaban J connectivity index is 1.24. The fraction of sp³-hybridized carbons (Fsp3) is 0.385. The standard InChI is InChI=1S/C26H29N3O4/c1-32-19-7-8-23(24(14-19)33-2)29-16-18(13-25(29)30)26(31)28-11-9-17(10-12-28)21-15-27-22-6-4-3-5-20(21)22/h3-8,14-15,17-18,27H,9-13,16H2,1-2H3. The molecule has 2 aromatic carbocycles. The van der Waals surface area contributed by atoms with Crippen LogP contribution in [-0.4, -0.2) is 55.6 Å². The Labute approximate surface area is 193 Å². The van der Waals surface area contributed by atoms with Gasteiger partial charge in [0.1, 0.15) is 11.5 Å². The number of aromatic amines is 1. The minimum absolute atomic E-state index is 0.0505. The van der Waals surface area contributed by atoms with E-state index in [2.05, 4.69) is 29.4 Å². The number of methoxy groups -OCH3 is 2. The average Bonchev–Trinajstić information content (AvgIpc) is 3.47. The first-order valence-electron chi connectivity index (χ1n) is 11.5. The topological polar surface area (TPSA) is 74.9 Å². The molecule has 1 atom stereocenters. The van der Waals surface area contributed by atoms with Gasteiger partial charge in [0.05, 0.1) is 25.8 Å². The first-order chi connectivity index (χ1) is 16.1. The van der Waals surface area contributed by atoms with E-state index in [0.29, 0.717) is 29.6 Å². The molecule has 1 aromatic heterocycles. The normalized spacial score (nSPS) is 19.3. The van der Waals surface area contributed by atoms with Crippen molar-refractivity contribution in [3.05, 3.63) is 54.2 Å². The number of ether oxygens (including phenoxy) is 2. The predicted molar refractivity (Wildman–Crippen MR) is 127 cm³/mol. The van der Waals surface area contributed by atoms with Gasteiger partial charge in [-0.3, -0.25) is 9.59 Å². The molecule has 0 spiro atoms. The Hall–Kier alpha value is -3.48. The number of likely N-dealkylation sites (tertiary alicyclic amines) is 1. The number of carbonyl (C=O) groups excluding carboxylic acids is 2. The second kappa shape index (κ2) is 8.81. The summed E-state index contributed by atoms with van der Waals surface area (Å²) in [5, 5.41) is 1.27. The zero-order valence-electron chi connectivity index (χ0n) is 19.0. The van der Waals surface area contributed by atoms with Crippen molar-refractivity contribution < 1.29 is 19.1 Å². The number of aromatic nitrogens is 1. The molecule has 2 amide bonds. The second-order valence-corrected chi connectivity index (χ2v) is 8.83. The lowest BCUT2D eigenvalue weighted by atomic mass is 9.88. The molecule has 1 unspecified atom stereocenters. The number of benzene rings is 2. The molecule has 7 heteroatoms. The number of hydrogen-bond acceptors (Lipinski definition) is 4. The van der Waals surface area contributed by atoms with E-state index in [1.807, 2.05) is 17.0 Å². The number of nitrogens with one attached hydrogen (secondary N) is 1. The molecular formula is C26H29N3O4. The molecule has 2 fully saturated rings. The van der Waals surface area contributed by atoms with Crippen LogP contribution < -0.4 is 14.4 Å². The van der Waals surface area contributed by atoms with Crippen molar-refractivity contribution in [3.8, 4) is 11.5 Å². The summed E-state index contributed by atoms with van der Waals surface area (Å²) in [5.74, 6) is 1.37. The van der Waals surface area contributed by atoms with Gasteiger partial charge in [0, 0.05) is 49.2 Å². The highest BCUT2D eigenvalue weighted by Crippen LogP contribution is 2.37. The van der Waals surface area contributed by atoms with Crippen LogP contribution in [0.2, 0.25) is 0 Å². The number of amides is 2. The number of carbonyl (C=O) groups is 2. The lowest BCUT2D eigenvalue weighted by Crippen LogP contribution is -2.42. The van der Waals surface area contributed by atoms with Crippen LogP contribution in [0.25, 0.3) is 10.9 Å².